The topological polar surface area (TPSA) is 67.0 Å². The van der Waals surface area contributed by atoms with E-state index in [1.807, 2.05) is 25.1 Å². The van der Waals surface area contributed by atoms with Crippen LogP contribution in [0.2, 0.25) is 0 Å². The van der Waals surface area contributed by atoms with E-state index in [0.29, 0.717) is 6.54 Å². The Hall–Kier alpha value is -2.56. The minimum absolute atomic E-state index is 0.158. The first kappa shape index (κ1) is 13.9. The first-order chi connectivity index (χ1) is 9.69. The van der Waals surface area contributed by atoms with Crippen molar-refractivity contribution in [3.8, 4) is 5.75 Å². The number of H-pyrrole nitrogens is 1. The van der Waals surface area contributed by atoms with E-state index in [9.17, 15) is 4.79 Å². The van der Waals surface area contributed by atoms with E-state index in [1.165, 1.54) is 6.08 Å². The zero-order valence-corrected chi connectivity index (χ0v) is 11.5. The van der Waals surface area contributed by atoms with Gasteiger partial charge in [-0.3, -0.25) is 9.89 Å². The van der Waals surface area contributed by atoms with Crippen molar-refractivity contribution < 1.29 is 9.53 Å². The summed E-state index contributed by atoms with van der Waals surface area (Å²) in [4.78, 5) is 11.7. The molecule has 0 unspecified atom stereocenters. The second kappa shape index (κ2) is 6.56. The molecule has 2 rings (SSSR count). The molecular weight excluding hydrogens is 254 g/mol. The van der Waals surface area contributed by atoms with E-state index in [0.717, 1.165) is 22.4 Å². The molecule has 5 heteroatoms. The first-order valence-corrected chi connectivity index (χ1v) is 6.27. The number of aromatic amines is 1. The van der Waals surface area contributed by atoms with E-state index >= 15 is 0 Å². The Labute approximate surface area is 117 Å². The number of rotatable bonds is 5. The third-order valence-corrected chi connectivity index (χ3v) is 2.82. The number of hydrogen-bond acceptors (Lipinski definition) is 3. The van der Waals surface area contributed by atoms with Crippen molar-refractivity contribution in [1.29, 1.82) is 0 Å². The Kier molecular flexibility index (Phi) is 4.55. The highest BCUT2D eigenvalue weighted by Gasteiger charge is 2.01. The van der Waals surface area contributed by atoms with E-state index in [-0.39, 0.29) is 5.91 Å². The molecule has 0 aliphatic heterocycles. The molecule has 0 radical (unpaired) electrons. The minimum Gasteiger partial charge on any atom is -0.496 e. The van der Waals surface area contributed by atoms with Gasteiger partial charge < -0.3 is 10.1 Å². The molecule has 20 heavy (non-hydrogen) atoms. The second-order valence-electron chi connectivity index (χ2n) is 4.40. The van der Waals surface area contributed by atoms with Gasteiger partial charge in [-0.2, -0.15) is 5.10 Å². The largest absolute Gasteiger partial charge is 0.496 e. The number of carbonyl (C=O) groups excluding carboxylic acids is 1. The Balaban J connectivity index is 1.98. The Bertz CT molecular complexity index is 604. The summed E-state index contributed by atoms with van der Waals surface area (Å²) >= 11 is 0. The van der Waals surface area contributed by atoms with Gasteiger partial charge in [0, 0.05) is 29.9 Å². The first-order valence-electron chi connectivity index (χ1n) is 6.27. The predicted molar refractivity (Wildman–Crippen MR) is 77.2 cm³/mol. The number of hydrogen-bond donors (Lipinski definition) is 2. The van der Waals surface area contributed by atoms with Crippen molar-refractivity contribution in [2.45, 2.75) is 13.5 Å². The number of nitrogens with zero attached hydrogens (tertiary/aromatic N) is 1. The molecule has 0 saturated heterocycles. The van der Waals surface area contributed by atoms with Gasteiger partial charge in [-0.25, -0.2) is 0 Å². The number of carbonyl (C=O) groups is 1. The third-order valence-electron chi connectivity index (χ3n) is 2.82. The monoisotopic (exact) mass is 271 g/mol. The third kappa shape index (κ3) is 3.71. The van der Waals surface area contributed by atoms with Crippen LogP contribution >= 0.6 is 0 Å². The smallest absolute Gasteiger partial charge is 0.244 e. The molecule has 0 aliphatic carbocycles. The summed E-state index contributed by atoms with van der Waals surface area (Å²) in [6, 6.07) is 5.83. The molecule has 2 N–H and O–H groups in total. The quantitative estimate of drug-likeness (QED) is 0.818. The number of benzene rings is 1. The van der Waals surface area contributed by atoms with Crippen LogP contribution in [0.5, 0.6) is 5.75 Å². The van der Waals surface area contributed by atoms with Gasteiger partial charge in [0.05, 0.1) is 13.3 Å². The lowest BCUT2D eigenvalue weighted by atomic mass is 10.1. The van der Waals surface area contributed by atoms with Gasteiger partial charge in [0.1, 0.15) is 5.75 Å². The fraction of sp³-hybridized carbons (Fsp3) is 0.200. The van der Waals surface area contributed by atoms with Crippen LogP contribution in [0.15, 0.2) is 36.7 Å². The van der Waals surface area contributed by atoms with Gasteiger partial charge in [0.15, 0.2) is 0 Å². The highest BCUT2D eigenvalue weighted by molar-refractivity contribution is 5.92. The lowest BCUT2D eigenvalue weighted by molar-refractivity contribution is -0.116. The lowest BCUT2D eigenvalue weighted by Crippen LogP contribution is -2.19. The van der Waals surface area contributed by atoms with E-state index in [4.69, 9.17) is 4.74 Å². The van der Waals surface area contributed by atoms with E-state index in [2.05, 4.69) is 15.5 Å². The maximum absolute atomic E-state index is 11.7. The Morgan fingerprint density at radius 2 is 2.35 bits per heavy atom. The highest BCUT2D eigenvalue weighted by atomic mass is 16.5. The average Bonchev–Trinajstić information content (AvgIpc) is 2.96. The van der Waals surface area contributed by atoms with E-state index in [1.54, 1.807) is 25.6 Å². The van der Waals surface area contributed by atoms with Crippen LogP contribution in [0.4, 0.5) is 0 Å². The fourth-order valence-electron chi connectivity index (χ4n) is 1.77. The predicted octanol–water partition coefficient (Wildman–Crippen LogP) is 2.06. The second-order valence-corrected chi connectivity index (χ2v) is 4.40. The summed E-state index contributed by atoms with van der Waals surface area (Å²) in [6.45, 7) is 2.44. The molecule has 2 aromatic rings. The Morgan fingerprint density at radius 3 is 3.05 bits per heavy atom. The lowest BCUT2D eigenvalue weighted by Gasteiger charge is -2.05. The van der Waals surface area contributed by atoms with Crippen LogP contribution in [0.25, 0.3) is 6.08 Å². The van der Waals surface area contributed by atoms with E-state index < -0.39 is 0 Å². The van der Waals surface area contributed by atoms with Crippen LogP contribution in [0.3, 0.4) is 0 Å². The van der Waals surface area contributed by atoms with Gasteiger partial charge in [-0.05, 0) is 25.1 Å². The molecule has 0 fully saturated rings. The minimum atomic E-state index is -0.158. The Morgan fingerprint density at radius 1 is 1.50 bits per heavy atom. The maximum Gasteiger partial charge on any atom is 0.244 e. The number of aryl methyl sites for hydroxylation is 1. The summed E-state index contributed by atoms with van der Waals surface area (Å²) in [5.41, 5.74) is 2.93. The number of ether oxygens (including phenoxy) is 1. The molecular formula is C15H17N3O2. The molecule has 1 aromatic carbocycles. The molecule has 1 aromatic heterocycles. The van der Waals surface area contributed by atoms with Crippen molar-refractivity contribution in [3.05, 3.63) is 53.4 Å². The molecule has 0 aliphatic rings. The summed E-state index contributed by atoms with van der Waals surface area (Å²) in [5, 5.41) is 9.29. The summed E-state index contributed by atoms with van der Waals surface area (Å²) in [6.07, 6.45) is 6.66. The van der Waals surface area contributed by atoms with Crippen LogP contribution < -0.4 is 10.1 Å². The van der Waals surface area contributed by atoms with Gasteiger partial charge in [0.2, 0.25) is 5.91 Å². The van der Waals surface area contributed by atoms with Gasteiger partial charge >= 0.3 is 0 Å². The molecule has 0 spiro atoms. The number of nitrogens with one attached hydrogen (secondary N) is 2. The molecule has 5 nitrogen and oxygen atoms in total. The highest BCUT2D eigenvalue weighted by Crippen LogP contribution is 2.20. The van der Waals surface area contributed by atoms with Crippen LogP contribution in [-0.4, -0.2) is 23.2 Å². The number of methoxy groups -OCH3 is 1. The zero-order chi connectivity index (χ0) is 14.4. The molecule has 0 saturated carbocycles. The number of aromatic nitrogens is 2. The molecule has 1 amide bonds. The van der Waals surface area contributed by atoms with Crippen molar-refractivity contribution >= 4 is 12.0 Å². The molecule has 0 bridgehead atoms. The standard InChI is InChI=1S/C15H17N3O2/c1-11-3-5-14(20-2)13(7-11)4-6-15(19)16-8-12-9-17-18-10-12/h3-7,9-10H,8H2,1-2H3,(H,16,19)(H,17,18)/b6-4+. The van der Waals surface area contributed by atoms with Crippen molar-refractivity contribution in [1.82, 2.24) is 15.5 Å². The van der Waals surface area contributed by atoms with Gasteiger partial charge in [-0.15, -0.1) is 0 Å². The van der Waals surface area contributed by atoms with Crippen LogP contribution in [0.1, 0.15) is 16.7 Å². The summed E-state index contributed by atoms with van der Waals surface area (Å²) in [5.74, 6) is 0.587. The fourth-order valence-corrected chi connectivity index (χ4v) is 1.77. The van der Waals surface area contributed by atoms with Crippen molar-refractivity contribution in [2.75, 3.05) is 7.11 Å². The molecule has 0 atom stereocenters. The molecule has 104 valence electrons. The summed E-state index contributed by atoms with van der Waals surface area (Å²) in [7, 11) is 1.61. The zero-order valence-electron chi connectivity index (χ0n) is 11.5. The summed E-state index contributed by atoms with van der Waals surface area (Å²) < 4.78 is 5.26. The van der Waals surface area contributed by atoms with Crippen LogP contribution in [0, 0.1) is 6.92 Å². The van der Waals surface area contributed by atoms with Crippen LogP contribution in [-0.2, 0) is 11.3 Å². The van der Waals surface area contributed by atoms with Crippen molar-refractivity contribution in [3.63, 3.8) is 0 Å². The number of amides is 1. The maximum atomic E-state index is 11.7. The normalized spacial score (nSPS) is 10.7. The molecule has 1 heterocycles. The average molecular weight is 271 g/mol. The SMILES string of the molecule is COc1ccc(C)cc1/C=C/C(=O)NCc1cn[nH]c1. The van der Waals surface area contributed by atoms with Gasteiger partial charge in [0.25, 0.3) is 0 Å². The van der Waals surface area contributed by atoms with Gasteiger partial charge in [-0.1, -0.05) is 11.6 Å². The van der Waals surface area contributed by atoms with Crippen molar-refractivity contribution in [2.24, 2.45) is 0 Å².